The van der Waals surface area contributed by atoms with Gasteiger partial charge in [0.15, 0.2) is 0 Å². The largest absolute Gasteiger partial charge is 0.457 e. The number of hydrogen-bond donors (Lipinski definition) is 0. The summed E-state index contributed by atoms with van der Waals surface area (Å²) in [4.78, 5) is 0. The second-order valence-electron chi connectivity index (χ2n) is 3.58. The van der Waals surface area contributed by atoms with Gasteiger partial charge in [-0.15, -0.1) is 0 Å². The van der Waals surface area contributed by atoms with Crippen molar-refractivity contribution < 1.29 is 9.47 Å². The Bertz CT molecular complexity index is 155. The molecule has 0 fully saturated rings. The third-order valence-corrected chi connectivity index (χ3v) is 2.57. The first-order valence-electron chi connectivity index (χ1n) is 5.33. The van der Waals surface area contributed by atoms with Crippen molar-refractivity contribution in [2.24, 2.45) is 0 Å². The molecule has 0 aromatic rings. The lowest BCUT2D eigenvalue weighted by Gasteiger charge is -2.26. The fourth-order valence-corrected chi connectivity index (χ4v) is 1.61. The first-order valence-corrected chi connectivity index (χ1v) is 5.33. The molecule has 0 aromatic heterocycles. The van der Waals surface area contributed by atoms with E-state index in [-0.39, 0.29) is 5.79 Å². The normalized spacial score (nSPS) is 18.3. The average Bonchev–Trinajstić information content (AvgIpc) is 2.62. The van der Waals surface area contributed by atoms with Gasteiger partial charge in [0.2, 0.25) is 5.79 Å². The molecule has 13 heavy (non-hydrogen) atoms. The average molecular weight is 184 g/mol. The summed E-state index contributed by atoms with van der Waals surface area (Å²) in [5.74, 6) is -0.326. The minimum absolute atomic E-state index is 0.326. The summed E-state index contributed by atoms with van der Waals surface area (Å²) >= 11 is 0. The molecular formula is C11H20O2. The molecule has 0 aromatic carbocycles. The highest BCUT2D eigenvalue weighted by atomic mass is 16.7. The summed E-state index contributed by atoms with van der Waals surface area (Å²) < 4.78 is 10.9. The van der Waals surface area contributed by atoms with Crippen molar-refractivity contribution >= 4 is 0 Å². The van der Waals surface area contributed by atoms with Gasteiger partial charge >= 0.3 is 0 Å². The highest BCUT2D eigenvalue weighted by molar-refractivity contribution is 4.82. The smallest absolute Gasteiger partial charge is 0.249 e. The Kier molecular flexibility index (Phi) is 4.13. The first kappa shape index (κ1) is 10.4. The topological polar surface area (TPSA) is 18.5 Å². The molecule has 1 aliphatic rings. The molecule has 0 aliphatic carbocycles. The molecular weight excluding hydrogens is 164 g/mol. The maximum Gasteiger partial charge on any atom is 0.249 e. The molecule has 0 unspecified atom stereocenters. The molecule has 1 rings (SSSR count). The molecule has 1 aliphatic heterocycles. The second kappa shape index (κ2) is 5.15. The predicted octanol–water partition coefficient (Wildman–Crippen LogP) is 3.58. The van der Waals surface area contributed by atoms with Gasteiger partial charge < -0.3 is 9.47 Å². The zero-order valence-corrected chi connectivity index (χ0v) is 8.71. The lowest BCUT2D eigenvalue weighted by Crippen LogP contribution is -2.28. The number of unbranched alkanes of at least 4 members (excludes halogenated alkanes) is 3. The van der Waals surface area contributed by atoms with Gasteiger partial charge in [0.05, 0.1) is 0 Å². The molecule has 2 nitrogen and oxygen atoms in total. The molecule has 0 bridgehead atoms. The Hall–Kier alpha value is -0.660. The lowest BCUT2D eigenvalue weighted by atomic mass is 10.0. The first-order chi connectivity index (χ1) is 6.33. The van der Waals surface area contributed by atoms with E-state index in [0.717, 1.165) is 12.8 Å². The van der Waals surface area contributed by atoms with Crippen molar-refractivity contribution in [1.29, 1.82) is 0 Å². The molecule has 2 heteroatoms. The van der Waals surface area contributed by atoms with Crippen molar-refractivity contribution in [1.82, 2.24) is 0 Å². The van der Waals surface area contributed by atoms with E-state index in [4.69, 9.17) is 9.47 Å². The highest BCUT2D eigenvalue weighted by Gasteiger charge is 2.32. The number of ether oxygens (including phenoxy) is 2. The van der Waals surface area contributed by atoms with Crippen molar-refractivity contribution in [3.63, 3.8) is 0 Å². The summed E-state index contributed by atoms with van der Waals surface area (Å²) in [6, 6.07) is 0. The van der Waals surface area contributed by atoms with Gasteiger partial charge in [-0.2, -0.15) is 0 Å². The standard InChI is InChI=1S/C11H20O2/c1-3-5-6-7-8-11(4-2)12-9-10-13-11/h9-10H,3-8H2,1-2H3. The van der Waals surface area contributed by atoms with Crippen molar-refractivity contribution in [3.8, 4) is 0 Å². The molecule has 0 radical (unpaired) electrons. The Morgan fingerprint density at radius 2 is 1.69 bits per heavy atom. The number of rotatable bonds is 6. The van der Waals surface area contributed by atoms with Gasteiger partial charge in [0.25, 0.3) is 0 Å². The van der Waals surface area contributed by atoms with Crippen LogP contribution in [-0.2, 0) is 9.47 Å². The third-order valence-electron chi connectivity index (χ3n) is 2.57. The van der Waals surface area contributed by atoms with E-state index in [2.05, 4.69) is 13.8 Å². The fourth-order valence-electron chi connectivity index (χ4n) is 1.61. The third kappa shape index (κ3) is 2.94. The summed E-state index contributed by atoms with van der Waals surface area (Å²) in [5, 5.41) is 0. The molecule has 0 amide bonds. The van der Waals surface area contributed by atoms with E-state index < -0.39 is 0 Å². The van der Waals surface area contributed by atoms with Crippen LogP contribution in [0, 0.1) is 0 Å². The van der Waals surface area contributed by atoms with Crippen LogP contribution in [0.25, 0.3) is 0 Å². The molecule has 0 N–H and O–H groups in total. The van der Waals surface area contributed by atoms with E-state index in [1.807, 2.05) is 0 Å². The Balaban J connectivity index is 2.17. The lowest BCUT2D eigenvalue weighted by molar-refractivity contribution is -0.149. The molecule has 1 heterocycles. The van der Waals surface area contributed by atoms with Gasteiger partial charge in [0.1, 0.15) is 12.5 Å². The van der Waals surface area contributed by atoms with Crippen LogP contribution in [0.2, 0.25) is 0 Å². The number of hydrogen-bond acceptors (Lipinski definition) is 2. The maximum absolute atomic E-state index is 5.47. The van der Waals surface area contributed by atoms with E-state index in [1.54, 1.807) is 12.5 Å². The van der Waals surface area contributed by atoms with Crippen molar-refractivity contribution in [2.45, 2.75) is 58.2 Å². The molecule has 0 saturated heterocycles. The van der Waals surface area contributed by atoms with Crippen LogP contribution in [0.1, 0.15) is 52.4 Å². The van der Waals surface area contributed by atoms with Crippen LogP contribution in [0.3, 0.4) is 0 Å². The molecule has 0 spiro atoms. The van der Waals surface area contributed by atoms with Crippen LogP contribution >= 0.6 is 0 Å². The second-order valence-corrected chi connectivity index (χ2v) is 3.58. The quantitative estimate of drug-likeness (QED) is 0.587. The van der Waals surface area contributed by atoms with Crippen LogP contribution in [-0.4, -0.2) is 5.79 Å². The summed E-state index contributed by atoms with van der Waals surface area (Å²) in [6.45, 7) is 4.33. The molecule has 0 atom stereocenters. The van der Waals surface area contributed by atoms with E-state index in [9.17, 15) is 0 Å². The van der Waals surface area contributed by atoms with E-state index in [0.29, 0.717) is 0 Å². The van der Waals surface area contributed by atoms with Crippen LogP contribution in [0.4, 0.5) is 0 Å². The Labute approximate surface area is 80.9 Å². The SMILES string of the molecule is CCCCCCC1(CC)OC=CO1. The minimum atomic E-state index is -0.326. The Morgan fingerprint density at radius 1 is 1.00 bits per heavy atom. The van der Waals surface area contributed by atoms with Gasteiger partial charge in [-0.1, -0.05) is 33.1 Å². The Morgan fingerprint density at radius 3 is 2.23 bits per heavy atom. The zero-order chi connectivity index (χ0) is 9.57. The van der Waals surface area contributed by atoms with E-state index in [1.165, 1.54) is 25.7 Å². The van der Waals surface area contributed by atoms with Crippen LogP contribution < -0.4 is 0 Å². The van der Waals surface area contributed by atoms with Gasteiger partial charge in [-0.05, 0) is 6.42 Å². The van der Waals surface area contributed by atoms with Gasteiger partial charge in [0, 0.05) is 12.8 Å². The van der Waals surface area contributed by atoms with Crippen LogP contribution in [0.5, 0.6) is 0 Å². The molecule has 0 saturated carbocycles. The predicted molar refractivity (Wildman–Crippen MR) is 53.1 cm³/mol. The van der Waals surface area contributed by atoms with E-state index >= 15 is 0 Å². The maximum atomic E-state index is 5.47. The van der Waals surface area contributed by atoms with Crippen molar-refractivity contribution in [2.75, 3.05) is 0 Å². The highest BCUT2D eigenvalue weighted by Crippen LogP contribution is 2.29. The zero-order valence-electron chi connectivity index (χ0n) is 8.71. The van der Waals surface area contributed by atoms with Crippen molar-refractivity contribution in [3.05, 3.63) is 12.5 Å². The summed E-state index contributed by atoms with van der Waals surface area (Å²) in [6.07, 6.45) is 10.3. The monoisotopic (exact) mass is 184 g/mol. The fraction of sp³-hybridized carbons (Fsp3) is 0.818. The molecule has 76 valence electrons. The summed E-state index contributed by atoms with van der Waals surface area (Å²) in [5.41, 5.74) is 0. The summed E-state index contributed by atoms with van der Waals surface area (Å²) in [7, 11) is 0. The van der Waals surface area contributed by atoms with Crippen LogP contribution in [0.15, 0.2) is 12.5 Å². The van der Waals surface area contributed by atoms with Gasteiger partial charge in [-0.25, -0.2) is 0 Å². The van der Waals surface area contributed by atoms with Gasteiger partial charge in [-0.3, -0.25) is 0 Å². The minimum Gasteiger partial charge on any atom is -0.457 e.